The smallest absolute Gasteiger partial charge is 0.0454 e. The monoisotopic (exact) mass is 259 g/mol. The third kappa shape index (κ3) is 2.84. The van der Waals surface area contributed by atoms with E-state index in [1.807, 2.05) is 47.8 Å². The zero-order chi connectivity index (χ0) is 10.7. The average Bonchev–Trinajstić information content (AvgIpc) is 2.30. The summed E-state index contributed by atoms with van der Waals surface area (Å²) in [6.45, 7) is 0. The molecule has 0 aromatic heterocycles. The van der Waals surface area contributed by atoms with Gasteiger partial charge in [-0.25, -0.2) is 0 Å². The largest absolute Gasteiger partial charge is 0.323 e. The quantitative estimate of drug-likeness (QED) is 0.884. The van der Waals surface area contributed by atoms with E-state index in [1.165, 1.54) is 11.5 Å². The fourth-order valence-electron chi connectivity index (χ4n) is 1.66. The van der Waals surface area contributed by atoms with Gasteiger partial charge in [-0.3, -0.25) is 0 Å². The van der Waals surface area contributed by atoms with Gasteiger partial charge in [-0.05, 0) is 11.6 Å². The van der Waals surface area contributed by atoms with Crippen LogP contribution in [0.4, 0.5) is 0 Å². The van der Waals surface area contributed by atoms with Gasteiger partial charge in [0.15, 0.2) is 0 Å². The van der Waals surface area contributed by atoms with Crippen molar-refractivity contribution in [1.82, 2.24) is 0 Å². The summed E-state index contributed by atoms with van der Waals surface area (Å²) in [5.74, 6) is 3.58. The van der Waals surface area contributed by atoms with Crippen molar-refractivity contribution in [3.8, 4) is 0 Å². The van der Waals surface area contributed by atoms with Crippen LogP contribution in [0.1, 0.15) is 11.6 Å². The number of nitrogens with two attached hydrogens (primary N) is 1. The molecular formula is C11H14ClNS2. The average molecular weight is 260 g/mol. The lowest BCUT2D eigenvalue weighted by Gasteiger charge is -2.27. The molecule has 2 N–H and O–H groups in total. The van der Waals surface area contributed by atoms with E-state index in [0.717, 1.165) is 16.3 Å². The Morgan fingerprint density at radius 2 is 2.13 bits per heavy atom. The first-order valence-electron chi connectivity index (χ1n) is 4.98. The molecule has 2 unspecified atom stereocenters. The third-order valence-corrected chi connectivity index (χ3v) is 5.74. The first-order chi connectivity index (χ1) is 7.29. The molecule has 15 heavy (non-hydrogen) atoms. The fourth-order valence-corrected chi connectivity index (χ4v) is 4.71. The Hall–Kier alpha value is 0.170. The highest BCUT2D eigenvalue weighted by atomic mass is 35.5. The summed E-state index contributed by atoms with van der Waals surface area (Å²) in [5, 5.41) is 1.30. The normalized spacial score (nSPS) is 23.7. The molecule has 1 fully saturated rings. The van der Waals surface area contributed by atoms with Crippen LogP contribution in [0.15, 0.2) is 24.3 Å². The second kappa shape index (κ2) is 5.48. The highest BCUT2D eigenvalue weighted by Crippen LogP contribution is 2.34. The molecular weight excluding hydrogens is 246 g/mol. The van der Waals surface area contributed by atoms with E-state index in [0.29, 0.717) is 5.25 Å². The van der Waals surface area contributed by atoms with Crippen molar-refractivity contribution in [3.05, 3.63) is 34.9 Å². The maximum atomic E-state index is 6.25. The van der Waals surface area contributed by atoms with Gasteiger partial charge in [0.2, 0.25) is 0 Å². The summed E-state index contributed by atoms with van der Waals surface area (Å²) < 4.78 is 0. The number of benzene rings is 1. The number of rotatable bonds is 2. The second-order valence-corrected chi connectivity index (χ2v) is 6.44. The van der Waals surface area contributed by atoms with E-state index >= 15 is 0 Å². The van der Waals surface area contributed by atoms with Crippen molar-refractivity contribution in [2.24, 2.45) is 5.73 Å². The number of halogens is 1. The Labute approximate surface area is 104 Å². The van der Waals surface area contributed by atoms with Gasteiger partial charge in [-0.15, -0.1) is 0 Å². The first kappa shape index (κ1) is 11.6. The van der Waals surface area contributed by atoms with Crippen molar-refractivity contribution in [3.63, 3.8) is 0 Å². The minimum Gasteiger partial charge on any atom is -0.323 e. The zero-order valence-corrected chi connectivity index (χ0v) is 10.7. The van der Waals surface area contributed by atoms with E-state index in [1.54, 1.807) is 0 Å². The van der Waals surface area contributed by atoms with Crippen LogP contribution >= 0.6 is 35.1 Å². The predicted octanol–water partition coefficient (Wildman–Crippen LogP) is 3.19. The van der Waals surface area contributed by atoms with Gasteiger partial charge < -0.3 is 5.73 Å². The lowest BCUT2D eigenvalue weighted by atomic mass is 10.1. The van der Waals surface area contributed by atoms with E-state index in [9.17, 15) is 0 Å². The topological polar surface area (TPSA) is 26.0 Å². The molecule has 82 valence electrons. The van der Waals surface area contributed by atoms with Gasteiger partial charge in [-0.2, -0.15) is 23.5 Å². The molecule has 1 nitrogen and oxygen atoms in total. The van der Waals surface area contributed by atoms with Crippen LogP contribution in [0.5, 0.6) is 0 Å². The zero-order valence-electron chi connectivity index (χ0n) is 8.36. The van der Waals surface area contributed by atoms with Crippen LogP contribution < -0.4 is 5.73 Å². The molecule has 0 saturated carbocycles. The Balaban J connectivity index is 2.12. The summed E-state index contributed by atoms with van der Waals surface area (Å²) >= 11 is 10.1. The number of thioether (sulfide) groups is 2. The summed E-state index contributed by atoms with van der Waals surface area (Å²) in [4.78, 5) is 0. The highest BCUT2D eigenvalue weighted by Gasteiger charge is 2.23. The Bertz CT molecular complexity index is 326. The molecule has 0 spiro atoms. The number of hydrogen-bond donors (Lipinski definition) is 1. The minimum absolute atomic E-state index is 0.0662. The van der Waals surface area contributed by atoms with E-state index < -0.39 is 0 Å². The maximum absolute atomic E-state index is 6.25. The van der Waals surface area contributed by atoms with Gasteiger partial charge in [0.25, 0.3) is 0 Å². The molecule has 0 bridgehead atoms. The van der Waals surface area contributed by atoms with Gasteiger partial charge in [0.05, 0.1) is 0 Å². The molecule has 1 aromatic carbocycles. The molecule has 1 aromatic rings. The summed E-state index contributed by atoms with van der Waals surface area (Å²) in [5.41, 5.74) is 7.33. The molecule has 2 rings (SSSR count). The molecule has 2 atom stereocenters. The van der Waals surface area contributed by atoms with Crippen LogP contribution in [0.2, 0.25) is 5.02 Å². The third-order valence-electron chi connectivity index (χ3n) is 2.51. The van der Waals surface area contributed by atoms with Crippen LogP contribution in [0.3, 0.4) is 0 Å². The summed E-state index contributed by atoms with van der Waals surface area (Å²) in [6, 6.07) is 7.96. The maximum Gasteiger partial charge on any atom is 0.0454 e. The van der Waals surface area contributed by atoms with Gasteiger partial charge >= 0.3 is 0 Å². The molecule has 0 amide bonds. The SMILES string of the molecule is NC(c1ccccc1Cl)C1CSCCS1. The minimum atomic E-state index is 0.0662. The van der Waals surface area contributed by atoms with E-state index in [4.69, 9.17) is 17.3 Å². The van der Waals surface area contributed by atoms with Crippen LogP contribution in [-0.4, -0.2) is 22.5 Å². The molecule has 1 aliphatic heterocycles. The molecule has 1 heterocycles. The lowest BCUT2D eigenvalue weighted by molar-refractivity contribution is 0.720. The van der Waals surface area contributed by atoms with Gasteiger partial charge in [0, 0.05) is 33.6 Å². The van der Waals surface area contributed by atoms with E-state index in [-0.39, 0.29) is 6.04 Å². The van der Waals surface area contributed by atoms with E-state index in [2.05, 4.69) is 0 Å². The summed E-state index contributed by atoms with van der Waals surface area (Å²) in [7, 11) is 0. The number of hydrogen-bond acceptors (Lipinski definition) is 3. The Kier molecular flexibility index (Phi) is 4.26. The van der Waals surface area contributed by atoms with Crippen LogP contribution in [-0.2, 0) is 0 Å². The van der Waals surface area contributed by atoms with Crippen molar-refractivity contribution >= 4 is 35.1 Å². The molecule has 4 heteroatoms. The van der Waals surface area contributed by atoms with Crippen molar-refractivity contribution in [2.45, 2.75) is 11.3 Å². The lowest BCUT2D eigenvalue weighted by Crippen LogP contribution is -2.28. The van der Waals surface area contributed by atoms with Crippen molar-refractivity contribution in [2.75, 3.05) is 17.3 Å². The molecule has 0 radical (unpaired) electrons. The van der Waals surface area contributed by atoms with Crippen molar-refractivity contribution in [1.29, 1.82) is 0 Å². The van der Waals surface area contributed by atoms with Crippen molar-refractivity contribution < 1.29 is 0 Å². The van der Waals surface area contributed by atoms with Crippen LogP contribution in [0.25, 0.3) is 0 Å². The Morgan fingerprint density at radius 1 is 1.33 bits per heavy atom. The summed E-state index contributed by atoms with van der Waals surface area (Å²) in [6.07, 6.45) is 0. The van der Waals surface area contributed by atoms with Crippen LogP contribution in [0, 0.1) is 0 Å². The Morgan fingerprint density at radius 3 is 2.80 bits per heavy atom. The first-order valence-corrected chi connectivity index (χ1v) is 7.56. The molecule has 0 aliphatic carbocycles. The van der Waals surface area contributed by atoms with Gasteiger partial charge in [0.1, 0.15) is 0 Å². The second-order valence-electron chi connectivity index (χ2n) is 3.53. The highest BCUT2D eigenvalue weighted by molar-refractivity contribution is 8.06. The predicted molar refractivity (Wildman–Crippen MR) is 72.0 cm³/mol. The van der Waals surface area contributed by atoms with Gasteiger partial charge in [-0.1, -0.05) is 29.8 Å². The molecule has 1 saturated heterocycles. The standard InChI is InChI=1S/C11H14ClNS2/c12-9-4-2-1-3-8(9)11(13)10-7-14-5-6-15-10/h1-4,10-11H,5-7,13H2. The fraction of sp³-hybridized carbons (Fsp3) is 0.455. The molecule has 1 aliphatic rings.